The average molecular weight is 360 g/mol. The fourth-order valence-corrected chi connectivity index (χ4v) is 2.47. The molecule has 0 aliphatic heterocycles. The molecule has 1 heterocycles. The number of methoxy groups -OCH3 is 2. The van der Waals surface area contributed by atoms with Crippen molar-refractivity contribution in [3.8, 4) is 5.75 Å². The van der Waals surface area contributed by atoms with Gasteiger partial charge in [-0.1, -0.05) is 19.8 Å². The molecule has 0 aliphatic rings. The van der Waals surface area contributed by atoms with Gasteiger partial charge in [-0.2, -0.15) is 0 Å². The number of carbonyl (C=O) groups excluding carboxylic acids is 2. The molecule has 0 radical (unpaired) electrons. The van der Waals surface area contributed by atoms with Gasteiger partial charge in [0.05, 0.1) is 20.8 Å². The summed E-state index contributed by atoms with van der Waals surface area (Å²) in [5, 5.41) is 0. The molecule has 0 spiro atoms. The van der Waals surface area contributed by atoms with Crippen LogP contribution in [-0.4, -0.2) is 42.5 Å². The van der Waals surface area contributed by atoms with Crippen LogP contribution in [0.4, 0.5) is 0 Å². The van der Waals surface area contributed by atoms with Gasteiger partial charge in [-0.05, 0) is 30.7 Å². The second-order valence-corrected chi connectivity index (χ2v) is 5.78. The number of ether oxygens (including phenoxy) is 2. The van der Waals surface area contributed by atoms with Crippen molar-refractivity contribution < 1.29 is 23.5 Å². The first kappa shape index (κ1) is 19.5. The quantitative estimate of drug-likeness (QED) is 0.504. The number of hydrogen-bond donors (Lipinski definition) is 0. The van der Waals surface area contributed by atoms with Crippen LogP contribution in [0.3, 0.4) is 0 Å². The topological polar surface area (TPSA) is 81.9 Å². The Kier molecular flexibility index (Phi) is 7.20. The lowest BCUT2D eigenvalue weighted by atomic mass is 10.1. The summed E-state index contributed by atoms with van der Waals surface area (Å²) in [6.07, 6.45) is 4.19. The van der Waals surface area contributed by atoms with Gasteiger partial charge in [-0.15, -0.1) is 0 Å². The molecule has 0 fully saturated rings. The molecule has 1 amide bonds. The lowest BCUT2D eigenvalue weighted by molar-refractivity contribution is 0.0594. The Labute approximate surface area is 152 Å². The lowest BCUT2D eigenvalue weighted by Gasteiger charge is -2.21. The monoisotopic (exact) mass is 360 g/mol. The number of hydrogen-bond acceptors (Lipinski definition) is 6. The SMILES string of the molecule is CCCCCN(Cc1nc(C(=O)OC)co1)C(=O)c1ccc(OC)cc1. The highest BCUT2D eigenvalue weighted by atomic mass is 16.5. The molecule has 2 aromatic rings. The van der Waals surface area contributed by atoms with Crippen molar-refractivity contribution in [3.63, 3.8) is 0 Å². The molecule has 0 saturated heterocycles. The standard InChI is InChI=1S/C19H24N2O5/c1-4-5-6-11-21(12-17-20-16(13-26-17)19(23)25-3)18(22)14-7-9-15(24-2)10-8-14/h7-10,13H,4-6,11-12H2,1-3H3. The number of unbranched alkanes of at least 4 members (excludes halogenated alkanes) is 2. The predicted molar refractivity (Wildman–Crippen MR) is 95.1 cm³/mol. The Hall–Kier alpha value is -2.83. The Morgan fingerprint density at radius 3 is 2.50 bits per heavy atom. The second kappa shape index (κ2) is 9.60. The van der Waals surface area contributed by atoms with E-state index in [1.54, 1.807) is 36.3 Å². The van der Waals surface area contributed by atoms with Gasteiger partial charge in [0.25, 0.3) is 5.91 Å². The minimum Gasteiger partial charge on any atom is -0.497 e. The third kappa shape index (κ3) is 5.08. The van der Waals surface area contributed by atoms with Crippen LogP contribution in [0.1, 0.15) is 52.9 Å². The highest BCUT2D eigenvalue weighted by molar-refractivity contribution is 5.94. The highest BCUT2D eigenvalue weighted by Gasteiger charge is 2.20. The lowest BCUT2D eigenvalue weighted by Crippen LogP contribution is -2.31. The van der Waals surface area contributed by atoms with Crippen molar-refractivity contribution in [2.45, 2.75) is 32.7 Å². The average Bonchev–Trinajstić information content (AvgIpc) is 3.15. The maximum absolute atomic E-state index is 12.9. The number of amides is 1. The molecule has 0 bridgehead atoms. The first-order valence-electron chi connectivity index (χ1n) is 8.55. The third-order valence-corrected chi connectivity index (χ3v) is 3.93. The maximum Gasteiger partial charge on any atom is 0.360 e. The first-order chi connectivity index (χ1) is 12.6. The molecule has 0 unspecified atom stereocenters. The van der Waals surface area contributed by atoms with Crippen LogP contribution < -0.4 is 4.74 Å². The zero-order valence-electron chi connectivity index (χ0n) is 15.4. The summed E-state index contributed by atoms with van der Waals surface area (Å²) in [6, 6.07) is 6.95. The number of rotatable bonds is 9. The van der Waals surface area contributed by atoms with Crippen LogP contribution >= 0.6 is 0 Å². The predicted octanol–water partition coefficient (Wildman–Crippen LogP) is 3.30. The van der Waals surface area contributed by atoms with Gasteiger partial charge >= 0.3 is 5.97 Å². The summed E-state index contributed by atoms with van der Waals surface area (Å²) in [5.41, 5.74) is 0.648. The van der Waals surface area contributed by atoms with Crippen LogP contribution in [0.5, 0.6) is 5.75 Å². The number of esters is 1. The molecule has 0 atom stereocenters. The van der Waals surface area contributed by atoms with E-state index in [-0.39, 0.29) is 18.1 Å². The van der Waals surface area contributed by atoms with Crippen molar-refractivity contribution in [2.24, 2.45) is 0 Å². The smallest absolute Gasteiger partial charge is 0.360 e. The van der Waals surface area contributed by atoms with Gasteiger partial charge in [0.1, 0.15) is 12.0 Å². The second-order valence-electron chi connectivity index (χ2n) is 5.78. The van der Waals surface area contributed by atoms with E-state index in [1.807, 2.05) is 0 Å². The summed E-state index contributed by atoms with van der Waals surface area (Å²) >= 11 is 0. The van der Waals surface area contributed by atoms with Gasteiger partial charge in [0, 0.05) is 12.1 Å². The van der Waals surface area contributed by atoms with E-state index in [1.165, 1.54) is 13.4 Å². The van der Waals surface area contributed by atoms with Crippen molar-refractivity contribution in [1.29, 1.82) is 0 Å². The molecule has 7 heteroatoms. The molecule has 2 rings (SSSR count). The summed E-state index contributed by atoms with van der Waals surface area (Å²) in [6.45, 7) is 2.87. The number of benzene rings is 1. The summed E-state index contributed by atoms with van der Waals surface area (Å²) < 4.78 is 15.1. The van der Waals surface area contributed by atoms with E-state index in [4.69, 9.17) is 9.15 Å². The molecule has 26 heavy (non-hydrogen) atoms. The van der Waals surface area contributed by atoms with Crippen LogP contribution in [-0.2, 0) is 11.3 Å². The van der Waals surface area contributed by atoms with E-state index in [0.717, 1.165) is 19.3 Å². The number of aromatic nitrogens is 1. The summed E-state index contributed by atoms with van der Waals surface area (Å²) in [7, 11) is 2.86. The van der Waals surface area contributed by atoms with Crippen LogP contribution in [0, 0.1) is 0 Å². The minimum atomic E-state index is -0.570. The normalized spacial score (nSPS) is 10.4. The largest absolute Gasteiger partial charge is 0.497 e. The summed E-state index contributed by atoms with van der Waals surface area (Å²) in [5.74, 6) is 0.291. The van der Waals surface area contributed by atoms with Gasteiger partial charge in [-0.3, -0.25) is 4.79 Å². The molecular weight excluding hydrogens is 336 g/mol. The van der Waals surface area contributed by atoms with Gasteiger partial charge in [0.15, 0.2) is 5.69 Å². The number of oxazole rings is 1. The molecule has 0 N–H and O–H groups in total. The van der Waals surface area contributed by atoms with E-state index in [2.05, 4.69) is 16.6 Å². The maximum atomic E-state index is 12.9. The highest BCUT2D eigenvalue weighted by Crippen LogP contribution is 2.16. The van der Waals surface area contributed by atoms with Crippen molar-refractivity contribution in [2.75, 3.05) is 20.8 Å². The van der Waals surface area contributed by atoms with Crippen LogP contribution in [0.15, 0.2) is 34.9 Å². The third-order valence-electron chi connectivity index (χ3n) is 3.93. The van der Waals surface area contributed by atoms with Gasteiger partial charge in [-0.25, -0.2) is 9.78 Å². The Morgan fingerprint density at radius 1 is 1.15 bits per heavy atom. The minimum absolute atomic E-state index is 0.0907. The zero-order chi connectivity index (χ0) is 18.9. The van der Waals surface area contributed by atoms with E-state index in [0.29, 0.717) is 23.7 Å². The molecule has 1 aromatic heterocycles. The molecule has 7 nitrogen and oxygen atoms in total. The molecular formula is C19H24N2O5. The van der Waals surface area contributed by atoms with Crippen molar-refractivity contribution in [1.82, 2.24) is 9.88 Å². The fraction of sp³-hybridized carbons (Fsp3) is 0.421. The number of carbonyl (C=O) groups is 2. The Balaban J connectivity index is 2.14. The van der Waals surface area contributed by atoms with Gasteiger partial charge < -0.3 is 18.8 Å². The Bertz CT molecular complexity index is 724. The van der Waals surface area contributed by atoms with Crippen molar-refractivity contribution in [3.05, 3.63) is 47.7 Å². The van der Waals surface area contributed by atoms with Crippen LogP contribution in [0.25, 0.3) is 0 Å². The van der Waals surface area contributed by atoms with E-state index < -0.39 is 5.97 Å². The van der Waals surface area contributed by atoms with E-state index >= 15 is 0 Å². The van der Waals surface area contributed by atoms with Gasteiger partial charge in [0.2, 0.25) is 5.89 Å². The Morgan fingerprint density at radius 2 is 1.88 bits per heavy atom. The van der Waals surface area contributed by atoms with Crippen molar-refractivity contribution >= 4 is 11.9 Å². The number of nitrogens with zero attached hydrogens (tertiary/aromatic N) is 2. The zero-order valence-corrected chi connectivity index (χ0v) is 15.4. The van der Waals surface area contributed by atoms with Crippen LogP contribution in [0.2, 0.25) is 0 Å². The first-order valence-corrected chi connectivity index (χ1v) is 8.55. The molecule has 0 saturated carbocycles. The molecule has 140 valence electrons. The molecule has 1 aromatic carbocycles. The fourth-order valence-electron chi connectivity index (χ4n) is 2.47. The summed E-state index contributed by atoms with van der Waals surface area (Å²) in [4.78, 5) is 30.1. The molecule has 0 aliphatic carbocycles. The van der Waals surface area contributed by atoms with E-state index in [9.17, 15) is 9.59 Å².